The van der Waals surface area contributed by atoms with E-state index in [0.717, 1.165) is 5.56 Å². The molecule has 0 aliphatic heterocycles. The molecule has 0 unspecified atom stereocenters. The number of hydrogen-bond acceptors (Lipinski definition) is 2. The van der Waals surface area contributed by atoms with Crippen LogP contribution in [0.1, 0.15) is 5.56 Å². The number of hydrogen-bond donors (Lipinski definition) is 2. The van der Waals surface area contributed by atoms with Crippen molar-refractivity contribution < 1.29 is 14.7 Å². The van der Waals surface area contributed by atoms with Crippen LogP contribution in [0.5, 0.6) is 0 Å². The quantitative estimate of drug-likeness (QED) is 0.757. The van der Waals surface area contributed by atoms with Crippen LogP contribution in [0.4, 0.5) is 0 Å². The topological polar surface area (TPSA) is 66.4 Å². The van der Waals surface area contributed by atoms with E-state index in [1.54, 1.807) is 12.1 Å². The molecule has 0 aromatic heterocycles. The third kappa shape index (κ3) is 3.90. The molecule has 16 heavy (non-hydrogen) atoms. The van der Waals surface area contributed by atoms with E-state index in [0.29, 0.717) is 0 Å². The van der Waals surface area contributed by atoms with Gasteiger partial charge in [-0.1, -0.05) is 30.3 Å². The van der Waals surface area contributed by atoms with Crippen molar-refractivity contribution in [1.82, 2.24) is 5.32 Å². The lowest BCUT2D eigenvalue weighted by Crippen LogP contribution is -2.42. The van der Waals surface area contributed by atoms with Crippen molar-refractivity contribution in [2.75, 3.05) is 5.88 Å². The Labute approximate surface area is 98.2 Å². The van der Waals surface area contributed by atoms with Gasteiger partial charge in [0.25, 0.3) is 0 Å². The van der Waals surface area contributed by atoms with E-state index in [9.17, 15) is 9.59 Å². The Kier molecular flexibility index (Phi) is 4.79. The minimum Gasteiger partial charge on any atom is -0.480 e. The number of carbonyl (C=O) groups excluding carboxylic acids is 1. The molecule has 0 bridgehead atoms. The number of amides is 1. The lowest BCUT2D eigenvalue weighted by molar-refractivity contribution is -0.141. The second-order valence-corrected chi connectivity index (χ2v) is 3.58. The monoisotopic (exact) mass is 241 g/mol. The van der Waals surface area contributed by atoms with E-state index in [1.807, 2.05) is 18.2 Å². The van der Waals surface area contributed by atoms with Crippen LogP contribution in [0.3, 0.4) is 0 Å². The van der Waals surface area contributed by atoms with Gasteiger partial charge in [0.05, 0.1) is 12.3 Å². The van der Waals surface area contributed by atoms with Gasteiger partial charge in [0, 0.05) is 0 Å². The minimum atomic E-state index is -1.13. The lowest BCUT2D eigenvalue weighted by Gasteiger charge is -2.11. The van der Waals surface area contributed by atoms with Crippen LogP contribution in [0.2, 0.25) is 0 Å². The number of halogens is 1. The number of aliphatic carboxylic acids is 1. The van der Waals surface area contributed by atoms with Gasteiger partial charge in [0.1, 0.15) is 6.04 Å². The molecule has 2 N–H and O–H groups in total. The Morgan fingerprint density at radius 2 is 1.94 bits per heavy atom. The molecule has 4 nitrogen and oxygen atoms in total. The van der Waals surface area contributed by atoms with Crippen LogP contribution in [-0.4, -0.2) is 28.9 Å². The molecule has 0 saturated carbocycles. The molecule has 1 amide bonds. The van der Waals surface area contributed by atoms with Crippen molar-refractivity contribution in [2.45, 2.75) is 12.5 Å². The number of nitrogens with one attached hydrogen (secondary N) is 1. The zero-order chi connectivity index (χ0) is 12.0. The number of carbonyl (C=O) groups is 2. The van der Waals surface area contributed by atoms with Crippen molar-refractivity contribution in [3.63, 3.8) is 0 Å². The van der Waals surface area contributed by atoms with Gasteiger partial charge in [-0.25, -0.2) is 4.79 Å². The molecule has 1 aromatic rings. The van der Waals surface area contributed by atoms with E-state index in [-0.39, 0.29) is 18.2 Å². The average molecular weight is 242 g/mol. The van der Waals surface area contributed by atoms with Gasteiger partial charge in [0.2, 0.25) is 5.91 Å². The molecule has 1 rings (SSSR count). The number of carboxylic acids is 1. The maximum atomic E-state index is 11.5. The molecule has 5 heteroatoms. The zero-order valence-electron chi connectivity index (χ0n) is 8.52. The third-order valence-corrected chi connectivity index (χ3v) is 2.30. The molecule has 0 aliphatic carbocycles. The fraction of sp³-hybridized carbons (Fsp3) is 0.273. The first-order valence-corrected chi connectivity index (χ1v) is 5.29. The highest BCUT2D eigenvalue weighted by atomic mass is 35.5. The summed E-state index contributed by atoms with van der Waals surface area (Å²) in [4.78, 5) is 22.1. The number of alkyl halides is 1. The van der Waals surface area contributed by atoms with Crippen LogP contribution in [0, 0.1) is 0 Å². The first-order chi connectivity index (χ1) is 7.63. The summed E-state index contributed by atoms with van der Waals surface area (Å²) in [5.74, 6) is -1.62. The molecule has 0 aliphatic rings. The van der Waals surface area contributed by atoms with Crippen LogP contribution in [0.15, 0.2) is 30.3 Å². The number of carboxylic acid groups (broad SMARTS) is 1. The van der Waals surface area contributed by atoms with Crippen molar-refractivity contribution in [3.05, 3.63) is 35.9 Å². The first-order valence-electron chi connectivity index (χ1n) is 4.75. The van der Waals surface area contributed by atoms with Gasteiger partial charge < -0.3 is 10.4 Å². The summed E-state index contributed by atoms with van der Waals surface area (Å²) in [7, 11) is 0. The van der Waals surface area contributed by atoms with Gasteiger partial charge in [0.15, 0.2) is 0 Å². The largest absolute Gasteiger partial charge is 0.480 e. The smallest absolute Gasteiger partial charge is 0.327 e. The maximum Gasteiger partial charge on any atom is 0.327 e. The fourth-order valence-corrected chi connectivity index (χ4v) is 1.40. The predicted octanol–water partition coefficient (Wildman–Crippen LogP) is 1.04. The highest BCUT2D eigenvalue weighted by Crippen LogP contribution is 2.00. The summed E-state index contributed by atoms with van der Waals surface area (Å²) < 4.78 is 0. The molecule has 0 saturated heterocycles. The van der Waals surface area contributed by atoms with Crippen molar-refractivity contribution in [1.29, 1.82) is 0 Å². The summed E-state index contributed by atoms with van der Waals surface area (Å²) in [6, 6.07) is 8.06. The Balaban J connectivity index is 2.50. The van der Waals surface area contributed by atoms with Gasteiger partial charge in [-0.05, 0) is 5.56 Å². The van der Waals surface area contributed by atoms with Gasteiger partial charge in [-0.15, -0.1) is 11.6 Å². The summed E-state index contributed by atoms with van der Waals surface area (Å²) in [6.45, 7) is 0. The SMILES string of the molecule is O=C(Cc1ccccc1)N[C@@H](CCl)C(=O)O. The lowest BCUT2D eigenvalue weighted by atomic mass is 10.1. The summed E-state index contributed by atoms with van der Waals surface area (Å²) in [5, 5.41) is 11.0. The summed E-state index contributed by atoms with van der Waals surface area (Å²) in [5.41, 5.74) is 0.832. The summed E-state index contributed by atoms with van der Waals surface area (Å²) in [6.07, 6.45) is 0.154. The predicted molar refractivity (Wildman–Crippen MR) is 60.4 cm³/mol. The molecule has 0 spiro atoms. The molecule has 86 valence electrons. The Morgan fingerprint density at radius 1 is 1.31 bits per heavy atom. The molecular weight excluding hydrogens is 230 g/mol. The second-order valence-electron chi connectivity index (χ2n) is 3.28. The maximum absolute atomic E-state index is 11.5. The number of benzene rings is 1. The molecular formula is C11H12ClNO3. The Hall–Kier alpha value is -1.55. The molecule has 1 aromatic carbocycles. The second kappa shape index (κ2) is 6.12. The van der Waals surface area contributed by atoms with Gasteiger partial charge in [-0.3, -0.25) is 4.79 Å². The van der Waals surface area contributed by atoms with E-state index >= 15 is 0 Å². The van der Waals surface area contributed by atoms with Crippen molar-refractivity contribution in [3.8, 4) is 0 Å². The van der Waals surface area contributed by atoms with Crippen molar-refractivity contribution in [2.24, 2.45) is 0 Å². The third-order valence-electron chi connectivity index (χ3n) is 2.00. The van der Waals surface area contributed by atoms with Gasteiger partial charge in [-0.2, -0.15) is 0 Å². The zero-order valence-corrected chi connectivity index (χ0v) is 9.28. The summed E-state index contributed by atoms with van der Waals surface area (Å²) >= 11 is 5.41. The highest BCUT2D eigenvalue weighted by Gasteiger charge is 2.18. The van der Waals surface area contributed by atoms with Crippen LogP contribution in [-0.2, 0) is 16.0 Å². The Morgan fingerprint density at radius 3 is 2.44 bits per heavy atom. The van der Waals surface area contributed by atoms with Crippen molar-refractivity contribution >= 4 is 23.5 Å². The molecule has 0 radical (unpaired) electrons. The molecule has 0 heterocycles. The fourth-order valence-electron chi connectivity index (χ4n) is 1.19. The van der Waals surface area contributed by atoms with Gasteiger partial charge >= 0.3 is 5.97 Å². The Bertz CT molecular complexity index is 367. The van der Waals surface area contributed by atoms with E-state index < -0.39 is 12.0 Å². The highest BCUT2D eigenvalue weighted by molar-refractivity contribution is 6.19. The number of rotatable bonds is 5. The molecule has 0 fully saturated rings. The average Bonchev–Trinajstić information content (AvgIpc) is 2.27. The molecule has 1 atom stereocenters. The standard InChI is InChI=1S/C11H12ClNO3/c12-7-9(11(15)16)13-10(14)6-8-4-2-1-3-5-8/h1-5,9H,6-7H2,(H,13,14)(H,15,16)/t9-/m0/s1. The first kappa shape index (κ1) is 12.5. The van der Waals surface area contributed by atoms with Crippen LogP contribution in [0.25, 0.3) is 0 Å². The van der Waals surface area contributed by atoms with Crippen LogP contribution < -0.4 is 5.32 Å². The van der Waals surface area contributed by atoms with E-state index in [1.165, 1.54) is 0 Å². The van der Waals surface area contributed by atoms with E-state index in [2.05, 4.69) is 5.32 Å². The minimum absolute atomic E-state index is 0.143. The van der Waals surface area contributed by atoms with Crippen LogP contribution >= 0.6 is 11.6 Å². The normalized spacial score (nSPS) is 11.8. The van der Waals surface area contributed by atoms with E-state index in [4.69, 9.17) is 16.7 Å².